The Hall–Kier alpha value is -2.70. The third kappa shape index (κ3) is 4.89. The van der Waals surface area contributed by atoms with Gasteiger partial charge >= 0.3 is 5.97 Å². The Balaban J connectivity index is 1.68. The first-order valence-corrected chi connectivity index (χ1v) is 10.8. The summed E-state index contributed by atoms with van der Waals surface area (Å²) in [7, 11) is 0. The summed E-state index contributed by atoms with van der Waals surface area (Å²) in [5.74, 6) is -1.87. The summed E-state index contributed by atoms with van der Waals surface area (Å²) in [5.41, 5.74) is 0.585. The molecule has 0 saturated carbocycles. The van der Waals surface area contributed by atoms with Gasteiger partial charge in [0.25, 0.3) is 17.7 Å². The molecule has 1 atom stereocenters. The Morgan fingerprint density at radius 3 is 2.00 bits per heavy atom. The number of hydrogen-bond donors (Lipinski definition) is 0. The second-order valence-corrected chi connectivity index (χ2v) is 8.43. The second kappa shape index (κ2) is 9.87. The maximum atomic E-state index is 12.9. The predicted molar refractivity (Wildman–Crippen MR) is 111 cm³/mol. The topological polar surface area (TPSA) is 84.0 Å². The van der Waals surface area contributed by atoms with E-state index >= 15 is 0 Å². The van der Waals surface area contributed by atoms with E-state index in [1.54, 1.807) is 29.2 Å². The zero-order valence-electron chi connectivity index (χ0n) is 17.8. The van der Waals surface area contributed by atoms with Crippen LogP contribution in [0.5, 0.6) is 0 Å². The summed E-state index contributed by atoms with van der Waals surface area (Å²) in [6.45, 7) is 4.79. The molecule has 162 valence electrons. The van der Waals surface area contributed by atoms with Crippen molar-refractivity contribution < 1.29 is 23.9 Å². The predicted octanol–water partition coefficient (Wildman–Crippen LogP) is 3.03. The molecular weight excluding hydrogens is 384 g/mol. The van der Waals surface area contributed by atoms with Crippen molar-refractivity contribution in [2.24, 2.45) is 5.92 Å². The number of carbonyl (C=O) groups excluding carboxylic acids is 4. The number of nitrogens with zero attached hydrogens (tertiary/aromatic N) is 2. The zero-order valence-corrected chi connectivity index (χ0v) is 17.8. The molecule has 0 aromatic heterocycles. The van der Waals surface area contributed by atoms with Crippen LogP contribution >= 0.6 is 0 Å². The van der Waals surface area contributed by atoms with E-state index < -0.39 is 23.8 Å². The molecular formula is C23H30N2O5. The molecule has 0 bridgehead atoms. The molecule has 7 heteroatoms. The number of carbonyl (C=O) groups is 4. The maximum absolute atomic E-state index is 12.9. The molecule has 0 unspecified atom stereocenters. The van der Waals surface area contributed by atoms with Gasteiger partial charge in [0.2, 0.25) is 0 Å². The third-order valence-electron chi connectivity index (χ3n) is 5.65. The highest BCUT2D eigenvalue weighted by Crippen LogP contribution is 2.27. The average Bonchev–Trinajstić information content (AvgIpc) is 2.94. The molecule has 3 rings (SSSR count). The van der Waals surface area contributed by atoms with Gasteiger partial charge in [0.15, 0.2) is 6.61 Å². The van der Waals surface area contributed by atoms with E-state index in [0.29, 0.717) is 24.2 Å². The molecule has 0 radical (unpaired) electrons. The van der Waals surface area contributed by atoms with E-state index in [0.717, 1.165) is 30.6 Å². The summed E-state index contributed by atoms with van der Waals surface area (Å²) in [5, 5.41) is 0. The van der Waals surface area contributed by atoms with Crippen LogP contribution in [0.2, 0.25) is 0 Å². The van der Waals surface area contributed by atoms with Crippen molar-refractivity contribution in [2.75, 3.05) is 19.7 Å². The Kier molecular flexibility index (Phi) is 7.24. The Morgan fingerprint density at radius 2 is 1.47 bits per heavy atom. The van der Waals surface area contributed by atoms with Crippen LogP contribution in [0.25, 0.3) is 0 Å². The lowest BCUT2D eigenvalue weighted by molar-refractivity contribution is -0.155. The van der Waals surface area contributed by atoms with Gasteiger partial charge in [0, 0.05) is 13.1 Å². The fourth-order valence-corrected chi connectivity index (χ4v) is 4.06. The molecule has 0 spiro atoms. The summed E-state index contributed by atoms with van der Waals surface area (Å²) < 4.78 is 5.32. The van der Waals surface area contributed by atoms with Crippen molar-refractivity contribution in [3.05, 3.63) is 35.4 Å². The first kappa shape index (κ1) is 22.0. The smallest absolute Gasteiger partial charge is 0.329 e. The van der Waals surface area contributed by atoms with Gasteiger partial charge in [-0.15, -0.1) is 0 Å². The number of ether oxygens (including phenoxy) is 1. The van der Waals surface area contributed by atoms with Gasteiger partial charge in [-0.05, 0) is 37.3 Å². The van der Waals surface area contributed by atoms with Crippen molar-refractivity contribution in [2.45, 2.75) is 58.4 Å². The number of hydrogen-bond acceptors (Lipinski definition) is 5. The lowest BCUT2D eigenvalue weighted by Crippen LogP contribution is -2.47. The first-order chi connectivity index (χ1) is 14.4. The molecule has 0 aliphatic carbocycles. The molecule has 1 aromatic rings. The minimum absolute atomic E-state index is 0.0527. The van der Waals surface area contributed by atoms with E-state index in [1.807, 2.05) is 13.8 Å². The van der Waals surface area contributed by atoms with Gasteiger partial charge in [-0.1, -0.05) is 45.2 Å². The SMILES string of the molecule is CC(C)C[C@H](C(=O)OCC(=O)N1CCCCCCC1)N1C(=O)c2ccccc2C1=O. The van der Waals surface area contributed by atoms with Crippen LogP contribution in [0.15, 0.2) is 24.3 Å². The Bertz CT molecular complexity index is 777. The summed E-state index contributed by atoms with van der Waals surface area (Å²) in [6.07, 6.45) is 5.56. The van der Waals surface area contributed by atoms with E-state index in [1.165, 1.54) is 6.42 Å². The molecule has 3 amide bonds. The molecule has 2 aliphatic heterocycles. The summed E-state index contributed by atoms with van der Waals surface area (Å²) >= 11 is 0. The molecule has 1 fully saturated rings. The summed E-state index contributed by atoms with van der Waals surface area (Å²) in [4.78, 5) is 53.8. The largest absolute Gasteiger partial charge is 0.454 e. The standard InChI is InChI=1S/C23H30N2O5/c1-16(2)14-19(25-21(27)17-10-6-7-11-18(17)22(25)28)23(29)30-15-20(26)24-12-8-4-3-5-9-13-24/h6-7,10-11,16,19H,3-5,8-9,12-15H2,1-2H3/t19-/m1/s1. The van der Waals surface area contributed by atoms with Crippen molar-refractivity contribution in [3.63, 3.8) is 0 Å². The van der Waals surface area contributed by atoms with Crippen LogP contribution in [-0.2, 0) is 14.3 Å². The fraction of sp³-hybridized carbons (Fsp3) is 0.565. The van der Waals surface area contributed by atoms with Gasteiger partial charge < -0.3 is 9.64 Å². The molecule has 1 saturated heterocycles. The number of esters is 1. The highest BCUT2D eigenvalue weighted by atomic mass is 16.5. The van der Waals surface area contributed by atoms with Gasteiger partial charge in [-0.2, -0.15) is 0 Å². The lowest BCUT2D eigenvalue weighted by atomic mass is 10.0. The van der Waals surface area contributed by atoms with Crippen LogP contribution in [0.1, 0.15) is 73.1 Å². The number of likely N-dealkylation sites (tertiary alicyclic amines) is 1. The monoisotopic (exact) mass is 414 g/mol. The number of imide groups is 1. The molecule has 1 aromatic carbocycles. The highest BCUT2D eigenvalue weighted by Gasteiger charge is 2.43. The van der Waals surface area contributed by atoms with Gasteiger partial charge in [0.1, 0.15) is 6.04 Å². The van der Waals surface area contributed by atoms with Crippen LogP contribution in [0.3, 0.4) is 0 Å². The third-order valence-corrected chi connectivity index (χ3v) is 5.65. The second-order valence-electron chi connectivity index (χ2n) is 8.43. The quantitative estimate of drug-likeness (QED) is 0.528. The normalized spacial score (nSPS) is 18.1. The maximum Gasteiger partial charge on any atom is 0.329 e. The van der Waals surface area contributed by atoms with Crippen molar-refractivity contribution >= 4 is 23.7 Å². The van der Waals surface area contributed by atoms with E-state index in [-0.39, 0.29) is 24.9 Å². The lowest BCUT2D eigenvalue weighted by Gasteiger charge is -2.27. The first-order valence-electron chi connectivity index (χ1n) is 10.8. The Labute approximate surface area is 177 Å². The van der Waals surface area contributed by atoms with Gasteiger partial charge in [-0.3, -0.25) is 19.3 Å². The molecule has 0 N–H and O–H groups in total. The van der Waals surface area contributed by atoms with Gasteiger partial charge in [-0.25, -0.2) is 4.79 Å². The van der Waals surface area contributed by atoms with Crippen LogP contribution in [0.4, 0.5) is 0 Å². The van der Waals surface area contributed by atoms with E-state index in [9.17, 15) is 19.2 Å². The van der Waals surface area contributed by atoms with Crippen LogP contribution in [0, 0.1) is 5.92 Å². The van der Waals surface area contributed by atoms with Crippen molar-refractivity contribution in [1.82, 2.24) is 9.80 Å². The van der Waals surface area contributed by atoms with Crippen molar-refractivity contribution in [1.29, 1.82) is 0 Å². The minimum Gasteiger partial charge on any atom is -0.454 e. The number of fused-ring (bicyclic) bond motifs is 1. The van der Waals surface area contributed by atoms with Crippen molar-refractivity contribution in [3.8, 4) is 0 Å². The zero-order chi connectivity index (χ0) is 21.7. The van der Waals surface area contributed by atoms with E-state index in [4.69, 9.17) is 4.74 Å². The number of amides is 3. The Morgan fingerprint density at radius 1 is 0.933 bits per heavy atom. The molecule has 7 nitrogen and oxygen atoms in total. The molecule has 2 aliphatic rings. The summed E-state index contributed by atoms with van der Waals surface area (Å²) in [6, 6.07) is 5.49. The average molecular weight is 415 g/mol. The van der Waals surface area contributed by atoms with Crippen LogP contribution in [-0.4, -0.2) is 59.2 Å². The molecule has 2 heterocycles. The number of benzene rings is 1. The highest BCUT2D eigenvalue weighted by molar-refractivity contribution is 6.22. The van der Waals surface area contributed by atoms with Crippen LogP contribution < -0.4 is 0 Å². The fourth-order valence-electron chi connectivity index (χ4n) is 4.06. The molecule has 30 heavy (non-hydrogen) atoms. The number of rotatable bonds is 6. The van der Waals surface area contributed by atoms with E-state index in [2.05, 4.69) is 0 Å². The van der Waals surface area contributed by atoms with Gasteiger partial charge in [0.05, 0.1) is 11.1 Å². The minimum atomic E-state index is -1.04.